The second kappa shape index (κ2) is 5.08. The average Bonchev–Trinajstić information content (AvgIpc) is 2.23. The number of hydrogen-bond acceptors (Lipinski definition) is 3. The monoisotopic (exact) mass is 234 g/mol. The summed E-state index contributed by atoms with van der Waals surface area (Å²) >= 11 is 0. The molecule has 0 bridgehead atoms. The Kier molecular flexibility index (Phi) is 3.52. The van der Waals surface area contributed by atoms with Gasteiger partial charge in [0.2, 0.25) is 0 Å². The molecule has 0 atom stereocenters. The fourth-order valence-corrected chi connectivity index (χ4v) is 2.05. The molecule has 0 aliphatic heterocycles. The lowest BCUT2D eigenvalue weighted by Crippen LogP contribution is -2.16. The highest BCUT2D eigenvalue weighted by Gasteiger charge is 2.16. The van der Waals surface area contributed by atoms with E-state index in [9.17, 15) is 4.79 Å². The van der Waals surface area contributed by atoms with Crippen LogP contribution < -0.4 is 11.1 Å². The van der Waals surface area contributed by atoms with E-state index < -0.39 is 5.97 Å². The van der Waals surface area contributed by atoms with E-state index in [1.54, 1.807) is 12.1 Å². The van der Waals surface area contributed by atoms with Crippen LogP contribution in [0.15, 0.2) is 18.2 Å². The first kappa shape index (κ1) is 11.8. The molecule has 1 aliphatic carbocycles. The van der Waals surface area contributed by atoms with Crippen LogP contribution in [-0.2, 0) is 0 Å². The number of carboxylic acids is 1. The molecule has 0 saturated heterocycles. The lowest BCUT2D eigenvalue weighted by atomic mass is 9.83. The van der Waals surface area contributed by atoms with Gasteiger partial charge in [0.1, 0.15) is 0 Å². The number of benzene rings is 1. The van der Waals surface area contributed by atoms with E-state index in [0.29, 0.717) is 5.69 Å². The van der Waals surface area contributed by atoms with Gasteiger partial charge in [-0.05, 0) is 30.5 Å². The van der Waals surface area contributed by atoms with Gasteiger partial charge in [-0.1, -0.05) is 19.3 Å². The van der Waals surface area contributed by atoms with Crippen molar-refractivity contribution in [3.63, 3.8) is 0 Å². The normalized spacial score (nSPS) is 15.3. The smallest absolute Gasteiger partial charge is 0.335 e. The number of carboxylic acid groups (broad SMARTS) is 1. The molecule has 17 heavy (non-hydrogen) atoms. The Balaban J connectivity index is 1.89. The number of aromatic carboxylic acids is 1. The van der Waals surface area contributed by atoms with Gasteiger partial charge in [-0.15, -0.1) is 0 Å². The van der Waals surface area contributed by atoms with E-state index in [-0.39, 0.29) is 5.56 Å². The molecule has 1 aromatic rings. The number of anilines is 2. The van der Waals surface area contributed by atoms with Crippen LogP contribution in [0.25, 0.3) is 0 Å². The Labute approximate surface area is 101 Å². The zero-order valence-electron chi connectivity index (χ0n) is 9.78. The van der Waals surface area contributed by atoms with Crippen LogP contribution >= 0.6 is 0 Å². The van der Waals surface area contributed by atoms with Gasteiger partial charge in [0.05, 0.1) is 16.9 Å². The third-order valence-corrected chi connectivity index (χ3v) is 3.39. The largest absolute Gasteiger partial charge is 0.478 e. The molecule has 0 radical (unpaired) electrons. The van der Waals surface area contributed by atoms with Gasteiger partial charge in [-0.25, -0.2) is 4.79 Å². The first-order valence-corrected chi connectivity index (χ1v) is 6.03. The minimum absolute atomic E-state index is 0.229. The first-order valence-electron chi connectivity index (χ1n) is 6.03. The Morgan fingerprint density at radius 3 is 2.76 bits per heavy atom. The summed E-state index contributed by atoms with van der Waals surface area (Å²) in [6.45, 7) is 0.904. The van der Waals surface area contributed by atoms with Crippen molar-refractivity contribution < 1.29 is 9.90 Å². The van der Waals surface area contributed by atoms with Gasteiger partial charge < -0.3 is 16.2 Å². The minimum Gasteiger partial charge on any atom is -0.478 e. The lowest BCUT2D eigenvalue weighted by molar-refractivity contribution is 0.0697. The van der Waals surface area contributed by atoms with Crippen molar-refractivity contribution in [1.29, 1.82) is 0 Å². The molecule has 0 heterocycles. The molecule has 0 spiro atoms. The van der Waals surface area contributed by atoms with Crippen molar-refractivity contribution in [3.8, 4) is 0 Å². The molecule has 92 valence electrons. The fraction of sp³-hybridized carbons (Fsp3) is 0.462. The summed E-state index contributed by atoms with van der Waals surface area (Å²) in [4.78, 5) is 10.7. The van der Waals surface area contributed by atoms with Crippen molar-refractivity contribution in [2.75, 3.05) is 17.6 Å². The van der Waals surface area contributed by atoms with Crippen molar-refractivity contribution in [3.05, 3.63) is 23.8 Å². The molecule has 2 rings (SSSR count). The van der Waals surface area contributed by atoms with E-state index in [4.69, 9.17) is 10.8 Å². The highest BCUT2D eigenvalue weighted by molar-refractivity contribution is 5.90. The summed E-state index contributed by atoms with van der Waals surface area (Å²) in [7, 11) is 0. The Bertz CT molecular complexity index is 414. The number of carbonyl (C=O) groups is 1. The number of nitrogen functional groups attached to an aromatic ring is 1. The highest BCUT2D eigenvalue weighted by atomic mass is 16.4. The third-order valence-electron chi connectivity index (χ3n) is 3.39. The number of nitrogens with two attached hydrogens (primary N) is 1. The van der Waals surface area contributed by atoms with E-state index in [1.165, 1.54) is 31.7 Å². The lowest BCUT2D eigenvalue weighted by Gasteiger charge is -2.25. The third kappa shape index (κ3) is 2.90. The van der Waals surface area contributed by atoms with Crippen LogP contribution in [-0.4, -0.2) is 17.6 Å². The summed E-state index contributed by atoms with van der Waals surface area (Å²) in [6, 6.07) is 4.80. The predicted octanol–water partition coefficient (Wildman–Crippen LogP) is 2.57. The molecule has 1 fully saturated rings. The molecule has 1 saturated carbocycles. The maximum atomic E-state index is 10.7. The number of hydrogen-bond donors (Lipinski definition) is 3. The summed E-state index contributed by atoms with van der Waals surface area (Å²) in [5.41, 5.74) is 7.35. The second-order valence-corrected chi connectivity index (χ2v) is 4.62. The van der Waals surface area contributed by atoms with E-state index >= 15 is 0 Å². The summed E-state index contributed by atoms with van der Waals surface area (Å²) in [5, 5.41) is 12.1. The van der Waals surface area contributed by atoms with Crippen molar-refractivity contribution >= 4 is 17.3 Å². The zero-order chi connectivity index (χ0) is 12.3. The van der Waals surface area contributed by atoms with Crippen LogP contribution in [0.2, 0.25) is 0 Å². The van der Waals surface area contributed by atoms with Crippen LogP contribution in [0, 0.1) is 5.92 Å². The minimum atomic E-state index is -0.947. The SMILES string of the molecule is Nc1cc(C(=O)O)ccc1NCCC1CCC1. The van der Waals surface area contributed by atoms with Gasteiger partial charge >= 0.3 is 5.97 Å². The van der Waals surface area contributed by atoms with Gasteiger partial charge in [0.15, 0.2) is 0 Å². The summed E-state index contributed by atoms with van der Waals surface area (Å²) < 4.78 is 0. The predicted molar refractivity (Wildman–Crippen MR) is 68.3 cm³/mol. The van der Waals surface area contributed by atoms with Crippen LogP contribution in [0.4, 0.5) is 11.4 Å². The van der Waals surface area contributed by atoms with Crippen molar-refractivity contribution in [2.24, 2.45) is 5.92 Å². The van der Waals surface area contributed by atoms with Crippen LogP contribution in [0.3, 0.4) is 0 Å². The van der Waals surface area contributed by atoms with Crippen LogP contribution in [0.5, 0.6) is 0 Å². The molecule has 1 aromatic carbocycles. The Hall–Kier alpha value is -1.71. The van der Waals surface area contributed by atoms with Gasteiger partial charge in [-0.3, -0.25) is 0 Å². The number of nitrogens with one attached hydrogen (secondary N) is 1. The van der Waals surface area contributed by atoms with E-state index in [1.807, 2.05) is 0 Å². The molecule has 0 amide bonds. The highest BCUT2D eigenvalue weighted by Crippen LogP contribution is 2.29. The summed E-state index contributed by atoms with van der Waals surface area (Å²) in [5.74, 6) is -0.0836. The fourth-order valence-electron chi connectivity index (χ4n) is 2.05. The van der Waals surface area contributed by atoms with Gasteiger partial charge in [0.25, 0.3) is 0 Å². The van der Waals surface area contributed by atoms with Crippen LogP contribution in [0.1, 0.15) is 36.0 Å². The maximum absolute atomic E-state index is 10.7. The molecule has 4 N–H and O–H groups in total. The molecule has 4 nitrogen and oxygen atoms in total. The number of rotatable bonds is 5. The average molecular weight is 234 g/mol. The van der Waals surface area contributed by atoms with Crippen molar-refractivity contribution in [2.45, 2.75) is 25.7 Å². The molecule has 0 unspecified atom stereocenters. The topological polar surface area (TPSA) is 75.4 Å². The molecule has 1 aliphatic rings. The second-order valence-electron chi connectivity index (χ2n) is 4.62. The molecule has 0 aromatic heterocycles. The van der Waals surface area contributed by atoms with E-state index in [0.717, 1.165) is 18.2 Å². The Morgan fingerprint density at radius 1 is 1.47 bits per heavy atom. The maximum Gasteiger partial charge on any atom is 0.335 e. The van der Waals surface area contributed by atoms with Gasteiger partial charge in [0, 0.05) is 6.54 Å². The quantitative estimate of drug-likeness (QED) is 0.684. The summed E-state index contributed by atoms with van der Waals surface area (Å²) in [6.07, 6.45) is 5.21. The first-order chi connectivity index (χ1) is 8.16. The van der Waals surface area contributed by atoms with E-state index in [2.05, 4.69) is 5.32 Å². The Morgan fingerprint density at radius 2 is 2.24 bits per heavy atom. The molecular formula is C13H18N2O2. The van der Waals surface area contributed by atoms with Gasteiger partial charge in [-0.2, -0.15) is 0 Å². The van der Waals surface area contributed by atoms with Crippen molar-refractivity contribution in [1.82, 2.24) is 0 Å². The zero-order valence-corrected chi connectivity index (χ0v) is 9.78. The molecule has 4 heteroatoms. The standard InChI is InChI=1S/C13H18N2O2/c14-11-8-10(13(16)17)4-5-12(11)15-7-6-9-2-1-3-9/h4-5,8-9,15H,1-3,6-7,14H2,(H,16,17). The molecular weight excluding hydrogens is 216 g/mol.